The van der Waals surface area contributed by atoms with Crippen LogP contribution in [0.4, 0.5) is 14.6 Å². The minimum absolute atomic E-state index is 0.321. The van der Waals surface area contributed by atoms with Crippen molar-refractivity contribution in [3.63, 3.8) is 0 Å². The number of nitrogen functional groups attached to an aromatic ring is 1. The summed E-state index contributed by atoms with van der Waals surface area (Å²) in [5, 5.41) is 0.583. The fourth-order valence-corrected chi connectivity index (χ4v) is 2.54. The van der Waals surface area contributed by atoms with Crippen molar-refractivity contribution in [3.05, 3.63) is 41.7 Å². The van der Waals surface area contributed by atoms with Crippen LogP contribution in [0.15, 0.2) is 34.2 Å². The Balaban J connectivity index is 1.89. The number of aromatic nitrogens is 2. The van der Waals surface area contributed by atoms with E-state index in [4.69, 9.17) is 5.73 Å². The third-order valence-corrected chi connectivity index (χ3v) is 3.76. The van der Waals surface area contributed by atoms with Crippen LogP contribution in [0, 0.1) is 11.6 Å². The van der Waals surface area contributed by atoms with Crippen molar-refractivity contribution in [2.75, 3.05) is 5.73 Å². The Morgan fingerprint density at radius 3 is 2.63 bits per heavy atom. The summed E-state index contributed by atoms with van der Waals surface area (Å²) in [5.74, 6) is 0.269. The number of nitrogens with zero attached hydrogens (tertiary/aromatic N) is 2. The van der Waals surface area contributed by atoms with Crippen LogP contribution in [-0.4, -0.2) is 9.97 Å². The number of halogens is 2. The summed E-state index contributed by atoms with van der Waals surface area (Å²) >= 11 is 1.12. The first-order chi connectivity index (χ1) is 9.11. The first-order valence-electron chi connectivity index (χ1n) is 5.89. The third-order valence-electron chi connectivity index (χ3n) is 2.79. The summed E-state index contributed by atoms with van der Waals surface area (Å²) in [5.41, 5.74) is 5.72. The molecule has 1 saturated carbocycles. The smallest absolute Gasteiger partial charge is 0.140 e. The van der Waals surface area contributed by atoms with Gasteiger partial charge in [-0.15, -0.1) is 0 Å². The molecule has 3 rings (SSSR count). The topological polar surface area (TPSA) is 51.8 Å². The number of anilines is 1. The van der Waals surface area contributed by atoms with E-state index in [1.165, 1.54) is 12.1 Å². The molecule has 0 amide bonds. The largest absolute Gasteiger partial charge is 0.384 e. The van der Waals surface area contributed by atoms with E-state index in [2.05, 4.69) is 9.97 Å². The lowest BCUT2D eigenvalue weighted by atomic mass is 10.3. The van der Waals surface area contributed by atoms with E-state index in [1.807, 2.05) is 0 Å². The van der Waals surface area contributed by atoms with Gasteiger partial charge in [-0.05, 0) is 25.0 Å². The molecule has 0 saturated heterocycles. The Bertz CT molecular complexity index is 629. The fraction of sp³-hybridized carbons (Fsp3) is 0.231. The molecule has 1 aliphatic carbocycles. The van der Waals surface area contributed by atoms with Crippen LogP contribution in [-0.2, 0) is 0 Å². The predicted octanol–water partition coefficient (Wildman–Crippen LogP) is 3.37. The zero-order valence-electron chi connectivity index (χ0n) is 9.94. The van der Waals surface area contributed by atoms with Gasteiger partial charge in [0, 0.05) is 22.9 Å². The Kier molecular flexibility index (Phi) is 3.10. The standard InChI is InChI=1S/C13H11F2N3S/c14-8-3-4-10(9(15)5-8)19-12-6-11(16)17-13(18-12)7-1-2-7/h3-7H,1-2H2,(H2,16,17,18). The molecule has 1 aromatic heterocycles. The average Bonchev–Trinajstić information content (AvgIpc) is 3.16. The second-order valence-electron chi connectivity index (χ2n) is 4.44. The molecule has 2 N–H and O–H groups in total. The van der Waals surface area contributed by atoms with Crippen LogP contribution >= 0.6 is 11.8 Å². The second-order valence-corrected chi connectivity index (χ2v) is 5.50. The van der Waals surface area contributed by atoms with E-state index in [1.54, 1.807) is 6.07 Å². The molecule has 0 atom stereocenters. The van der Waals surface area contributed by atoms with Crippen molar-refractivity contribution in [3.8, 4) is 0 Å². The Hall–Kier alpha value is -1.69. The predicted molar refractivity (Wildman–Crippen MR) is 68.9 cm³/mol. The number of rotatable bonds is 3. The lowest BCUT2D eigenvalue weighted by Gasteiger charge is -2.05. The molecule has 1 fully saturated rings. The molecule has 3 nitrogen and oxygen atoms in total. The minimum Gasteiger partial charge on any atom is -0.384 e. The number of benzene rings is 1. The summed E-state index contributed by atoms with van der Waals surface area (Å²) in [6.45, 7) is 0. The van der Waals surface area contributed by atoms with E-state index in [9.17, 15) is 8.78 Å². The average molecular weight is 279 g/mol. The third kappa shape index (κ3) is 2.84. The van der Waals surface area contributed by atoms with Gasteiger partial charge in [0.2, 0.25) is 0 Å². The van der Waals surface area contributed by atoms with Crippen LogP contribution in [0.2, 0.25) is 0 Å². The van der Waals surface area contributed by atoms with Gasteiger partial charge >= 0.3 is 0 Å². The monoisotopic (exact) mass is 279 g/mol. The summed E-state index contributed by atoms with van der Waals surface area (Å²) in [7, 11) is 0. The van der Waals surface area contributed by atoms with Crippen LogP contribution < -0.4 is 5.73 Å². The second kappa shape index (κ2) is 4.77. The molecule has 0 radical (unpaired) electrons. The summed E-state index contributed by atoms with van der Waals surface area (Å²) in [6.07, 6.45) is 2.14. The summed E-state index contributed by atoms with van der Waals surface area (Å²) in [4.78, 5) is 8.86. The van der Waals surface area contributed by atoms with Crippen molar-refractivity contribution in [1.29, 1.82) is 0 Å². The van der Waals surface area contributed by atoms with Gasteiger partial charge in [0.25, 0.3) is 0 Å². The normalized spacial score (nSPS) is 14.6. The van der Waals surface area contributed by atoms with Gasteiger partial charge in [-0.3, -0.25) is 0 Å². The van der Waals surface area contributed by atoms with E-state index in [-0.39, 0.29) is 0 Å². The van der Waals surface area contributed by atoms with Crippen LogP contribution in [0.1, 0.15) is 24.6 Å². The maximum Gasteiger partial charge on any atom is 0.140 e. The molecule has 0 aliphatic heterocycles. The van der Waals surface area contributed by atoms with E-state index in [0.717, 1.165) is 30.7 Å². The quantitative estimate of drug-likeness (QED) is 0.875. The molecule has 0 spiro atoms. The van der Waals surface area contributed by atoms with Gasteiger partial charge in [0.15, 0.2) is 0 Å². The van der Waals surface area contributed by atoms with Gasteiger partial charge in [0.05, 0.1) is 0 Å². The van der Waals surface area contributed by atoms with Crippen LogP contribution in [0.25, 0.3) is 0 Å². The van der Waals surface area contributed by atoms with Gasteiger partial charge in [-0.2, -0.15) is 0 Å². The highest BCUT2D eigenvalue weighted by atomic mass is 32.2. The first kappa shape index (κ1) is 12.3. The molecule has 1 aromatic carbocycles. The molecule has 6 heteroatoms. The molecule has 1 aliphatic rings. The highest BCUT2D eigenvalue weighted by molar-refractivity contribution is 7.99. The van der Waals surface area contributed by atoms with Crippen molar-refractivity contribution in [1.82, 2.24) is 9.97 Å². The number of hydrogen-bond donors (Lipinski definition) is 1. The van der Waals surface area contributed by atoms with E-state index >= 15 is 0 Å². The van der Waals surface area contributed by atoms with Crippen molar-refractivity contribution >= 4 is 17.6 Å². The maximum atomic E-state index is 13.6. The highest BCUT2D eigenvalue weighted by Crippen LogP contribution is 2.39. The molecule has 98 valence electrons. The van der Waals surface area contributed by atoms with Gasteiger partial charge in [-0.1, -0.05) is 11.8 Å². The van der Waals surface area contributed by atoms with E-state index < -0.39 is 11.6 Å². The Labute approximate surface area is 113 Å². The molecule has 1 heterocycles. The zero-order chi connectivity index (χ0) is 13.4. The molecular formula is C13H11F2N3S. The Morgan fingerprint density at radius 2 is 1.95 bits per heavy atom. The van der Waals surface area contributed by atoms with Crippen molar-refractivity contribution in [2.24, 2.45) is 0 Å². The maximum absolute atomic E-state index is 13.6. The van der Waals surface area contributed by atoms with Gasteiger partial charge in [-0.25, -0.2) is 18.7 Å². The molecule has 0 unspecified atom stereocenters. The summed E-state index contributed by atoms with van der Waals surface area (Å²) in [6, 6.07) is 5.07. The number of hydrogen-bond acceptors (Lipinski definition) is 4. The van der Waals surface area contributed by atoms with E-state index in [0.29, 0.717) is 27.5 Å². The highest BCUT2D eigenvalue weighted by Gasteiger charge is 2.27. The lowest BCUT2D eigenvalue weighted by Crippen LogP contribution is -1.99. The molecule has 19 heavy (non-hydrogen) atoms. The molecule has 0 bridgehead atoms. The number of nitrogens with two attached hydrogens (primary N) is 1. The van der Waals surface area contributed by atoms with Crippen LogP contribution in [0.3, 0.4) is 0 Å². The lowest BCUT2D eigenvalue weighted by molar-refractivity contribution is 0.565. The van der Waals surface area contributed by atoms with Gasteiger partial charge in [0.1, 0.15) is 28.3 Å². The zero-order valence-corrected chi connectivity index (χ0v) is 10.8. The van der Waals surface area contributed by atoms with Crippen molar-refractivity contribution in [2.45, 2.75) is 28.7 Å². The molecule has 2 aromatic rings. The van der Waals surface area contributed by atoms with Crippen LogP contribution in [0.5, 0.6) is 0 Å². The SMILES string of the molecule is Nc1cc(Sc2ccc(F)cc2F)nc(C2CC2)n1. The summed E-state index contributed by atoms with van der Waals surface area (Å²) < 4.78 is 26.4. The first-order valence-corrected chi connectivity index (χ1v) is 6.71. The minimum atomic E-state index is -0.602. The molecular weight excluding hydrogens is 268 g/mol. The van der Waals surface area contributed by atoms with Crippen molar-refractivity contribution < 1.29 is 8.78 Å². The Morgan fingerprint density at radius 1 is 1.16 bits per heavy atom. The van der Waals surface area contributed by atoms with Gasteiger partial charge < -0.3 is 5.73 Å². The fourth-order valence-electron chi connectivity index (χ4n) is 1.71.